The fourth-order valence-electron chi connectivity index (χ4n) is 0.626. The van der Waals surface area contributed by atoms with Gasteiger partial charge in [-0.05, 0) is 0 Å². The van der Waals surface area contributed by atoms with Gasteiger partial charge in [0.2, 0.25) is 11.8 Å². The molecule has 0 saturated carbocycles. The highest BCUT2D eigenvalue weighted by atomic mass is 19.1. The topological polar surface area (TPSA) is 44.2 Å². The molecule has 0 aliphatic heterocycles. The summed E-state index contributed by atoms with van der Waals surface area (Å²) < 4.78 is 22.2. The van der Waals surface area contributed by atoms with E-state index in [0.29, 0.717) is 13.2 Å². The summed E-state index contributed by atoms with van der Waals surface area (Å²) >= 11 is 0. The van der Waals surface area contributed by atoms with Crippen molar-refractivity contribution >= 4 is 0 Å². The molecule has 12 heavy (non-hydrogen) atoms. The first kappa shape index (κ1) is 8.86. The highest BCUT2D eigenvalue weighted by Gasteiger charge is 1.96. The number of rotatable bonds is 4. The van der Waals surface area contributed by atoms with Gasteiger partial charge in [0.25, 0.3) is 0 Å². The van der Waals surface area contributed by atoms with Crippen LogP contribution in [0.2, 0.25) is 0 Å². The molecular formula is C7H9FN2O2. The second kappa shape index (κ2) is 4.61. The van der Waals surface area contributed by atoms with Crippen LogP contribution in [0.1, 0.15) is 0 Å². The van der Waals surface area contributed by atoms with E-state index < -0.39 is 5.95 Å². The normalized spacial score (nSPS) is 9.83. The Morgan fingerprint density at radius 2 is 2.25 bits per heavy atom. The van der Waals surface area contributed by atoms with Crippen molar-refractivity contribution in [1.82, 2.24) is 9.97 Å². The van der Waals surface area contributed by atoms with Crippen molar-refractivity contribution in [1.29, 1.82) is 0 Å². The summed E-state index contributed by atoms with van der Waals surface area (Å²) in [6, 6.07) is 1.12. The van der Waals surface area contributed by atoms with Crippen LogP contribution in [0.5, 0.6) is 5.88 Å². The quantitative estimate of drug-likeness (QED) is 0.494. The van der Waals surface area contributed by atoms with Gasteiger partial charge in [0.1, 0.15) is 12.9 Å². The van der Waals surface area contributed by atoms with Gasteiger partial charge in [-0.15, -0.1) is 0 Å². The molecule has 1 heterocycles. The van der Waals surface area contributed by atoms with Gasteiger partial charge in [0, 0.05) is 7.11 Å². The Labute approximate surface area is 69.4 Å². The third-order valence-electron chi connectivity index (χ3n) is 1.15. The second-order valence-corrected chi connectivity index (χ2v) is 2.02. The van der Waals surface area contributed by atoms with Gasteiger partial charge in [-0.1, -0.05) is 0 Å². The Hall–Kier alpha value is -1.23. The Balaban J connectivity index is 2.41. The molecule has 0 spiro atoms. The van der Waals surface area contributed by atoms with Crippen LogP contribution in [0.4, 0.5) is 4.39 Å². The molecule has 1 aromatic heterocycles. The summed E-state index contributed by atoms with van der Waals surface area (Å²) in [4.78, 5) is 6.96. The van der Waals surface area contributed by atoms with E-state index in [1.807, 2.05) is 0 Å². The van der Waals surface area contributed by atoms with Gasteiger partial charge >= 0.3 is 0 Å². The Bertz CT molecular complexity index is 245. The van der Waals surface area contributed by atoms with E-state index in [1.165, 1.54) is 0 Å². The van der Waals surface area contributed by atoms with Gasteiger partial charge in [0.05, 0.1) is 12.7 Å². The smallest absolute Gasteiger partial charge is 0.219 e. The van der Waals surface area contributed by atoms with Crippen LogP contribution in [-0.4, -0.2) is 30.3 Å². The standard InChI is InChI=1S/C7H9FN2O2/c1-11-2-3-12-7-4-6(8)9-5-10-7/h4-5H,2-3H2,1H3. The Morgan fingerprint density at radius 3 is 2.92 bits per heavy atom. The molecule has 1 aromatic rings. The van der Waals surface area contributed by atoms with Crippen molar-refractivity contribution in [2.45, 2.75) is 0 Å². The van der Waals surface area contributed by atoms with E-state index in [4.69, 9.17) is 9.47 Å². The first-order chi connectivity index (χ1) is 5.83. The number of halogens is 1. The summed E-state index contributed by atoms with van der Waals surface area (Å²) in [5, 5.41) is 0. The minimum absolute atomic E-state index is 0.222. The summed E-state index contributed by atoms with van der Waals surface area (Å²) in [6.07, 6.45) is 1.11. The van der Waals surface area contributed by atoms with Gasteiger partial charge < -0.3 is 9.47 Å². The number of ether oxygens (including phenoxy) is 2. The van der Waals surface area contributed by atoms with Crippen molar-refractivity contribution in [3.8, 4) is 5.88 Å². The largest absolute Gasteiger partial charge is 0.475 e. The lowest BCUT2D eigenvalue weighted by atomic mass is 10.6. The number of hydrogen-bond donors (Lipinski definition) is 0. The third kappa shape index (κ3) is 2.79. The van der Waals surface area contributed by atoms with Crippen LogP contribution in [0, 0.1) is 5.95 Å². The van der Waals surface area contributed by atoms with Crippen molar-refractivity contribution < 1.29 is 13.9 Å². The SMILES string of the molecule is COCCOc1cc(F)ncn1. The number of aromatic nitrogens is 2. The number of methoxy groups -OCH3 is 1. The average molecular weight is 172 g/mol. The maximum Gasteiger partial charge on any atom is 0.219 e. The highest BCUT2D eigenvalue weighted by molar-refractivity contribution is 5.05. The molecular weight excluding hydrogens is 163 g/mol. The summed E-state index contributed by atoms with van der Waals surface area (Å²) in [5.41, 5.74) is 0. The summed E-state index contributed by atoms with van der Waals surface area (Å²) in [6.45, 7) is 0.804. The lowest BCUT2D eigenvalue weighted by Crippen LogP contribution is -2.05. The zero-order valence-corrected chi connectivity index (χ0v) is 6.66. The molecule has 0 saturated heterocycles. The van der Waals surface area contributed by atoms with Gasteiger partial charge in [0.15, 0.2) is 0 Å². The highest BCUT2D eigenvalue weighted by Crippen LogP contribution is 2.04. The first-order valence-electron chi connectivity index (χ1n) is 3.42. The molecule has 1 rings (SSSR count). The van der Waals surface area contributed by atoms with E-state index in [2.05, 4.69) is 9.97 Å². The van der Waals surface area contributed by atoms with Gasteiger partial charge in [-0.3, -0.25) is 0 Å². The fraction of sp³-hybridized carbons (Fsp3) is 0.429. The predicted molar refractivity (Wildman–Crippen MR) is 39.4 cm³/mol. The van der Waals surface area contributed by atoms with Crippen molar-refractivity contribution in [2.75, 3.05) is 20.3 Å². The molecule has 0 radical (unpaired) electrons. The Morgan fingerprint density at radius 1 is 1.42 bits per heavy atom. The van der Waals surface area contributed by atoms with E-state index in [-0.39, 0.29) is 5.88 Å². The molecule has 0 aromatic carbocycles. The molecule has 0 unspecified atom stereocenters. The zero-order valence-electron chi connectivity index (χ0n) is 6.66. The van der Waals surface area contributed by atoms with Crippen molar-refractivity contribution in [3.05, 3.63) is 18.3 Å². The maximum atomic E-state index is 12.4. The lowest BCUT2D eigenvalue weighted by Gasteiger charge is -2.02. The van der Waals surface area contributed by atoms with E-state index in [1.54, 1.807) is 7.11 Å². The van der Waals surface area contributed by atoms with Crippen LogP contribution in [0.3, 0.4) is 0 Å². The van der Waals surface area contributed by atoms with Crippen LogP contribution < -0.4 is 4.74 Å². The Kier molecular flexibility index (Phi) is 3.40. The van der Waals surface area contributed by atoms with Crippen LogP contribution in [-0.2, 0) is 4.74 Å². The molecule has 0 aliphatic carbocycles. The maximum absolute atomic E-state index is 12.4. The van der Waals surface area contributed by atoms with E-state index in [0.717, 1.165) is 12.4 Å². The van der Waals surface area contributed by atoms with Crippen LogP contribution in [0.25, 0.3) is 0 Å². The molecule has 0 N–H and O–H groups in total. The molecule has 0 bridgehead atoms. The molecule has 66 valence electrons. The zero-order chi connectivity index (χ0) is 8.81. The number of hydrogen-bond acceptors (Lipinski definition) is 4. The molecule has 0 fully saturated rings. The lowest BCUT2D eigenvalue weighted by molar-refractivity contribution is 0.143. The van der Waals surface area contributed by atoms with Crippen molar-refractivity contribution in [3.63, 3.8) is 0 Å². The van der Waals surface area contributed by atoms with Crippen LogP contribution in [0.15, 0.2) is 12.4 Å². The van der Waals surface area contributed by atoms with Crippen molar-refractivity contribution in [2.24, 2.45) is 0 Å². The first-order valence-corrected chi connectivity index (χ1v) is 3.42. The van der Waals surface area contributed by atoms with Gasteiger partial charge in [-0.25, -0.2) is 9.97 Å². The molecule has 4 nitrogen and oxygen atoms in total. The second-order valence-electron chi connectivity index (χ2n) is 2.02. The van der Waals surface area contributed by atoms with Crippen LogP contribution >= 0.6 is 0 Å². The summed E-state index contributed by atoms with van der Waals surface area (Å²) in [7, 11) is 1.56. The predicted octanol–water partition coefficient (Wildman–Crippen LogP) is 0.641. The van der Waals surface area contributed by atoms with Gasteiger partial charge in [-0.2, -0.15) is 4.39 Å². The van der Waals surface area contributed by atoms with E-state index in [9.17, 15) is 4.39 Å². The van der Waals surface area contributed by atoms with E-state index >= 15 is 0 Å². The fourth-order valence-corrected chi connectivity index (χ4v) is 0.626. The molecule has 0 aliphatic rings. The molecule has 0 atom stereocenters. The number of nitrogens with zero attached hydrogens (tertiary/aromatic N) is 2. The minimum Gasteiger partial charge on any atom is -0.475 e. The average Bonchev–Trinajstić information content (AvgIpc) is 2.05. The third-order valence-corrected chi connectivity index (χ3v) is 1.15. The summed E-state index contributed by atoms with van der Waals surface area (Å²) in [5.74, 6) is -0.378. The monoisotopic (exact) mass is 172 g/mol. The minimum atomic E-state index is -0.600. The molecule has 0 amide bonds. The molecule has 5 heteroatoms.